The summed E-state index contributed by atoms with van der Waals surface area (Å²) in [6.45, 7) is 0. The molecule has 0 spiro atoms. The van der Waals surface area contributed by atoms with Crippen LogP contribution in [-0.2, 0) is 0 Å². The molecule has 0 aliphatic carbocycles. The molecule has 0 saturated carbocycles. The van der Waals surface area contributed by atoms with E-state index in [9.17, 15) is 13.6 Å². The van der Waals surface area contributed by atoms with E-state index in [2.05, 4.69) is 31.9 Å². The van der Waals surface area contributed by atoms with E-state index in [0.29, 0.717) is 4.47 Å². The van der Waals surface area contributed by atoms with Gasteiger partial charge in [-0.15, -0.1) is 0 Å². The van der Waals surface area contributed by atoms with Crippen molar-refractivity contribution in [1.82, 2.24) is 4.98 Å². The van der Waals surface area contributed by atoms with Gasteiger partial charge >= 0.3 is 0 Å². The summed E-state index contributed by atoms with van der Waals surface area (Å²) in [4.78, 5) is 12.9. The number of alkyl halides is 2. The highest BCUT2D eigenvalue weighted by molar-refractivity contribution is 9.13. The van der Waals surface area contributed by atoms with Crippen molar-refractivity contribution in [2.45, 2.75) is 6.43 Å². The molecule has 0 amide bonds. The van der Waals surface area contributed by atoms with Crippen molar-refractivity contribution in [3.8, 4) is 0 Å². The van der Waals surface area contributed by atoms with E-state index in [1.165, 1.54) is 0 Å². The lowest BCUT2D eigenvalue weighted by Gasteiger charge is -2.00. The number of hydrogen-bond donors (Lipinski definition) is 1. The summed E-state index contributed by atoms with van der Waals surface area (Å²) < 4.78 is 24.6. The molecule has 1 heterocycles. The van der Waals surface area contributed by atoms with Crippen molar-refractivity contribution in [3.05, 3.63) is 31.1 Å². The van der Waals surface area contributed by atoms with Gasteiger partial charge in [0.2, 0.25) is 0 Å². The van der Waals surface area contributed by atoms with Crippen molar-refractivity contribution >= 4 is 31.9 Å². The number of pyridine rings is 1. The zero-order valence-corrected chi connectivity index (χ0v) is 8.75. The Labute approximate surface area is 83.2 Å². The van der Waals surface area contributed by atoms with Gasteiger partial charge in [-0.25, -0.2) is 8.78 Å². The monoisotopic (exact) mass is 301 g/mol. The molecule has 1 rings (SSSR count). The summed E-state index contributed by atoms with van der Waals surface area (Å²) in [7, 11) is 0. The zero-order chi connectivity index (χ0) is 9.30. The van der Waals surface area contributed by atoms with Crippen LogP contribution in [0.15, 0.2) is 19.8 Å². The number of rotatable bonds is 1. The average molecular weight is 303 g/mol. The molecule has 1 aromatic rings. The van der Waals surface area contributed by atoms with E-state index in [0.717, 1.165) is 6.07 Å². The highest BCUT2D eigenvalue weighted by Crippen LogP contribution is 2.23. The van der Waals surface area contributed by atoms with Gasteiger partial charge in [-0.2, -0.15) is 0 Å². The van der Waals surface area contributed by atoms with Crippen LogP contribution in [0, 0.1) is 0 Å². The minimum Gasteiger partial charge on any atom is -0.320 e. The van der Waals surface area contributed by atoms with Gasteiger partial charge < -0.3 is 4.98 Å². The van der Waals surface area contributed by atoms with Gasteiger partial charge in [0.1, 0.15) is 0 Å². The maximum absolute atomic E-state index is 12.1. The minimum absolute atomic E-state index is 0.215. The zero-order valence-electron chi connectivity index (χ0n) is 5.57. The lowest BCUT2D eigenvalue weighted by Crippen LogP contribution is -2.10. The fraction of sp³-hybridized carbons (Fsp3) is 0.167. The normalized spacial score (nSPS) is 10.8. The number of nitrogens with one attached hydrogen (secondary N) is 1. The molecule has 2 nitrogen and oxygen atoms in total. The van der Waals surface area contributed by atoms with Gasteiger partial charge in [-0.3, -0.25) is 4.79 Å². The number of hydrogen-bond acceptors (Lipinski definition) is 1. The maximum Gasteiger partial charge on any atom is 0.278 e. The van der Waals surface area contributed by atoms with Gasteiger partial charge in [0.25, 0.3) is 12.0 Å². The highest BCUT2D eigenvalue weighted by Gasteiger charge is 2.11. The summed E-state index contributed by atoms with van der Waals surface area (Å²) in [5.41, 5.74) is -0.963. The van der Waals surface area contributed by atoms with Crippen LogP contribution >= 0.6 is 31.9 Å². The third-order valence-corrected chi connectivity index (χ3v) is 3.13. The quantitative estimate of drug-likeness (QED) is 0.850. The van der Waals surface area contributed by atoms with Crippen LogP contribution in [0.1, 0.15) is 12.1 Å². The number of halogens is 4. The number of aromatic nitrogens is 1. The van der Waals surface area contributed by atoms with Crippen LogP contribution in [0.4, 0.5) is 8.78 Å². The second kappa shape index (κ2) is 3.66. The van der Waals surface area contributed by atoms with Crippen LogP contribution in [0.25, 0.3) is 0 Å². The van der Waals surface area contributed by atoms with Crippen LogP contribution in [0.2, 0.25) is 0 Å². The Bertz CT molecular complexity index is 350. The van der Waals surface area contributed by atoms with Gasteiger partial charge in [0.05, 0.1) is 10.2 Å². The standard InChI is InChI=1S/C6H3Br2F2NO/c7-2-1-3(5(9)10)11-6(12)4(2)8/h1,5H,(H,11,12). The molecule has 6 heteroatoms. The average Bonchev–Trinajstić information content (AvgIpc) is 1.99. The molecule has 1 N–H and O–H groups in total. The van der Waals surface area contributed by atoms with E-state index in [1.54, 1.807) is 0 Å². The molecule has 0 aromatic carbocycles. The van der Waals surface area contributed by atoms with Crippen LogP contribution in [-0.4, -0.2) is 4.98 Å². The van der Waals surface area contributed by atoms with Gasteiger partial charge in [-0.05, 0) is 37.9 Å². The predicted octanol–water partition coefficient (Wildman–Crippen LogP) is 2.84. The Balaban J connectivity index is 3.31. The van der Waals surface area contributed by atoms with Gasteiger partial charge in [-0.1, -0.05) is 0 Å². The Morgan fingerprint density at radius 1 is 1.42 bits per heavy atom. The Hall–Kier alpha value is -0.230. The van der Waals surface area contributed by atoms with Gasteiger partial charge in [0, 0.05) is 4.47 Å². The first-order chi connectivity index (χ1) is 5.52. The molecule has 0 aliphatic heterocycles. The lowest BCUT2D eigenvalue weighted by molar-refractivity contribution is 0.145. The second-order valence-corrected chi connectivity index (χ2v) is 3.66. The van der Waals surface area contributed by atoms with Crippen LogP contribution in [0.5, 0.6) is 0 Å². The summed E-state index contributed by atoms with van der Waals surface area (Å²) in [5, 5.41) is 0. The van der Waals surface area contributed by atoms with E-state index >= 15 is 0 Å². The molecule has 0 unspecified atom stereocenters. The third kappa shape index (κ3) is 1.92. The van der Waals surface area contributed by atoms with E-state index < -0.39 is 17.7 Å². The number of H-pyrrole nitrogens is 1. The summed E-state index contributed by atoms with van der Waals surface area (Å²) >= 11 is 5.89. The largest absolute Gasteiger partial charge is 0.320 e. The highest BCUT2D eigenvalue weighted by atomic mass is 79.9. The minimum atomic E-state index is -2.66. The topological polar surface area (TPSA) is 32.9 Å². The Morgan fingerprint density at radius 3 is 2.42 bits per heavy atom. The lowest BCUT2D eigenvalue weighted by atomic mass is 10.4. The summed E-state index contributed by atoms with van der Waals surface area (Å²) in [6.07, 6.45) is -2.66. The fourth-order valence-electron chi connectivity index (χ4n) is 0.648. The molecule has 0 bridgehead atoms. The smallest absolute Gasteiger partial charge is 0.278 e. The van der Waals surface area contributed by atoms with Crippen molar-refractivity contribution in [3.63, 3.8) is 0 Å². The molecule has 66 valence electrons. The first kappa shape index (κ1) is 9.85. The third-order valence-electron chi connectivity index (χ3n) is 1.18. The molecule has 1 aromatic heterocycles. The van der Waals surface area contributed by atoms with Crippen molar-refractivity contribution < 1.29 is 8.78 Å². The van der Waals surface area contributed by atoms with Crippen molar-refractivity contribution in [2.24, 2.45) is 0 Å². The van der Waals surface area contributed by atoms with Gasteiger partial charge in [0.15, 0.2) is 0 Å². The molecular formula is C6H3Br2F2NO. The molecule has 12 heavy (non-hydrogen) atoms. The Kier molecular flexibility index (Phi) is 3.00. The summed E-state index contributed by atoms with van der Waals surface area (Å²) in [5.74, 6) is 0. The predicted molar refractivity (Wildman–Crippen MR) is 47.4 cm³/mol. The molecule has 0 aliphatic rings. The molecular weight excluding hydrogens is 300 g/mol. The van der Waals surface area contributed by atoms with E-state index in [-0.39, 0.29) is 4.47 Å². The molecule has 0 radical (unpaired) electrons. The van der Waals surface area contributed by atoms with E-state index in [1.807, 2.05) is 4.98 Å². The van der Waals surface area contributed by atoms with E-state index in [4.69, 9.17) is 0 Å². The van der Waals surface area contributed by atoms with Crippen molar-refractivity contribution in [2.75, 3.05) is 0 Å². The first-order valence-corrected chi connectivity index (χ1v) is 4.47. The second-order valence-electron chi connectivity index (χ2n) is 2.02. The van der Waals surface area contributed by atoms with Crippen LogP contribution < -0.4 is 5.56 Å². The fourth-order valence-corrected chi connectivity index (χ4v) is 1.29. The SMILES string of the molecule is O=c1[nH]c(C(F)F)cc(Br)c1Br. The van der Waals surface area contributed by atoms with Crippen LogP contribution in [0.3, 0.4) is 0 Å². The molecule has 0 saturated heterocycles. The maximum atomic E-state index is 12.1. The van der Waals surface area contributed by atoms with Crippen molar-refractivity contribution in [1.29, 1.82) is 0 Å². The first-order valence-electron chi connectivity index (χ1n) is 2.88. The Morgan fingerprint density at radius 2 is 2.00 bits per heavy atom. The molecule has 0 fully saturated rings. The summed E-state index contributed by atoms with van der Waals surface area (Å²) in [6, 6.07) is 1.16. The molecule has 0 atom stereocenters. The number of aromatic amines is 1.